The number of aliphatic hydroxyl groups is 2. The number of carboxylic acids is 1. The van der Waals surface area contributed by atoms with Crippen LogP contribution in [0.5, 0.6) is 23.0 Å². The van der Waals surface area contributed by atoms with E-state index >= 15 is 0 Å². The van der Waals surface area contributed by atoms with Gasteiger partial charge in [-0.2, -0.15) is 0 Å². The van der Waals surface area contributed by atoms with Crippen LogP contribution in [0.3, 0.4) is 0 Å². The van der Waals surface area contributed by atoms with Gasteiger partial charge in [0.25, 0.3) is 0 Å². The number of aliphatic carboxylic acids is 1. The Labute approximate surface area is 185 Å². The summed E-state index contributed by atoms with van der Waals surface area (Å²) in [7, 11) is 0. The maximum atomic E-state index is 12.5. The lowest BCUT2D eigenvalue weighted by atomic mass is 9.79. The third-order valence-corrected chi connectivity index (χ3v) is 5.15. The van der Waals surface area contributed by atoms with E-state index in [2.05, 4.69) is 0 Å². The second kappa shape index (κ2) is 8.84. The highest BCUT2D eigenvalue weighted by atomic mass is 16.6. The van der Waals surface area contributed by atoms with Crippen LogP contribution in [0.1, 0.15) is 33.6 Å². The van der Waals surface area contributed by atoms with Crippen molar-refractivity contribution in [3.05, 3.63) is 47.5 Å². The summed E-state index contributed by atoms with van der Waals surface area (Å²) in [5, 5.41) is 68.0. The summed E-state index contributed by atoms with van der Waals surface area (Å²) in [6.45, 7) is 0. The molecule has 0 bridgehead atoms. The van der Waals surface area contributed by atoms with Crippen molar-refractivity contribution in [3.8, 4) is 23.0 Å². The number of aliphatic hydroxyl groups excluding tert-OH is 1. The maximum Gasteiger partial charge on any atom is 0.338 e. The number of carbonyl (C=O) groups is 3. The number of benzene rings is 2. The van der Waals surface area contributed by atoms with Gasteiger partial charge in [0.1, 0.15) is 6.10 Å². The van der Waals surface area contributed by atoms with Gasteiger partial charge in [0, 0.05) is 12.8 Å². The number of esters is 2. The smallest absolute Gasteiger partial charge is 0.338 e. The van der Waals surface area contributed by atoms with Crippen molar-refractivity contribution >= 4 is 17.9 Å². The molecule has 0 saturated heterocycles. The van der Waals surface area contributed by atoms with Crippen molar-refractivity contribution in [2.75, 3.05) is 0 Å². The first kappa shape index (κ1) is 23.6. The molecule has 1 saturated carbocycles. The molecule has 33 heavy (non-hydrogen) atoms. The largest absolute Gasteiger partial charge is 0.504 e. The Bertz CT molecular complexity index is 1100. The minimum absolute atomic E-state index is 0.231. The standard InChI is InChI=1S/C21H20O12/c22-11-3-1-9(5-13(11)24)18(27)32-16-8-21(31,20(29)30)7-15(26)17(16)33-19(28)10-2-4-12(23)14(25)6-10/h1-6,15-17,22-26,31H,7-8H2,(H,29,30)/t15-,16-,17-,21+/m1/s1. The molecule has 12 nitrogen and oxygen atoms in total. The molecule has 0 spiro atoms. The Morgan fingerprint density at radius 2 is 1.27 bits per heavy atom. The Morgan fingerprint density at radius 3 is 1.73 bits per heavy atom. The number of phenols is 4. The molecule has 1 fully saturated rings. The molecule has 3 rings (SSSR count). The first-order valence-corrected chi connectivity index (χ1v) is 9.51. The molecule has 1 aliphatic rings. The fraction of sp³-hybridized carbons (Fsp3) is 0.286. The summed E-state index contributed by atoms with van der Waals surface area (Å²) in [6.07, 6.45) is -6.49. The Hall–Kier alpha value is -4.03. The highest BCUT2D eigenvalue weighted by molar-refractivity contribution is 5.91. The van der Waals surface area contributed by atoms with Crippen LogP contribution >= 0.6 is 0 Å². The fourth-order valence-corrected chi connectivity index (χ4v) is 3.38. The molecule has 0 radical (unpaired) electrons. The second-order valence-corrected chi connectivity index (χ2v) is 7.53. The van der Waals surface area contributed by atoms with Crippen molar-refractivity contribution in [1.82, 2.24) is 0 Å². The Morgan fingerprint density at radius 1 is 0.788 bits per heavy atom. The van der Waals surface area contributed by atoms with E-state index in [1.54, 1.807) is 0 Å². The molecule has 12 heteroatoms. The molecule has 0 aliphatic heterocycles. The number of hydrogen-bond acceptors (Lipinski definition) is 11. The van der Waals surface area contributed by atoms with E-state index in [-0.39, 0.29) is 11.1 Å². The molecule has 0 unspecified atom stereocenters. The number of rotatable bonds is 5. The van der Waals surface area contributed by atoms with Crippen LogP contribution in [0.25, 0.3) is 0 Å². The summed E-state index contributed by atoms with van der Waals surface area (Å²) in [5.74, 6) is -6.19. The molecule has 1 aliphatic carbocycles. The zero-order valence-electron chi connectivity index (χ0n) is 16.8. The molecule has 7 N–H and O–H groups in total. The van der Waals surface area contributed by atoms with Crippen molar-refractivity contribution in [3.63, 3.8) is 0 Å². The van der Waals surface area contributed by atoms with Crippen LogP contribution in [0.4, 0.5) is 0 Å². The van der Waals surface area contributed by atoms with Crippen molar-refractivity contribution in [2.45, 2.75) is 36.8 Å². The summed E-state index contributed by atoms with van der Waals surface area (Å²) in [5.41, 5.74) is -2.98. The first-order valence-electron chi connectivity index (χ1n) is 9.51. The lowest BCUT2D eigenvalue weighted by Gasteiger charge is -2.40. The lowest BCUT2D eigenvalue weighted by molar-refractivity contribution is -0.187. The fourth-order valence-electron chi connectivity index (χ4n) is 3.38. The van der Waals surface area contributed by atoms with Gasteiger partial charge in [-0.05, 0) is 36.4 Å². The zero-order chi connectivity index (χ0) is 24.5. The zero-order valence-corrected chi connectivity index (χ0v) is 16.8. The van der Waals surface area contributed by atoms with E-state index in [4.69, 9.17) is 9.47 Å². The van der Waals surface area contributed by atoms with Gasteiger partial charge in [-0.15, -0.1) is 0 Å². The third-order valence-electron chi connectivity index (χ3n) is 5.15. The quantitative estimate of drug-likeness (QED) is 0.234. The van der Waals surface area contributed by atoms with E-state index in [0.29, 0.717) is 0 Å². The van der Waals surface area contributed by atoms with Gasteiger partial charge in [0.2, 0.25) is 0 Å². The lowest BCUT2D eigenvalue weighted by Crippen LogP contribution is -2.58. The van der Waals surface area contributed by atoms with Gasteiger partial charge in [-0.3, -0.25) is 0 Å². The second-order valence-electron chi connectivity index (χ2n) is 7.53. The normalized spacial score (nSPS) is 24.6. The van der Waals surface area contributed by atoms with Gasteiger partial charge in [0.05, 0.1) is 17.2 Å². The number of phenolic OH excluding ortho intramolecular Hbond substituents is 4. The number of aromatic hydroxyl groups is 4. The highest BCUT2D eigenvalue weighted by Crippen LogP contribution is 2.35. The number of carbonyl (C=O) groups excluding carboxylic acids is 2. The topological polar surface area (TPSA) is 211 Å². The molecular formula is C21H20O12. The summed E-state index contributed by atoms with van der Waals surface area (Å²) in [4.78, 5) is 36.5. The summed E-state index contributed by atoms with van der Waals surface area (Å²) >= 11 is 0. The minimum Gasteiger partial charge on any atom is -0.504 e. The van der Waals surface area contributed by atoms with Crippen LogP contribution in [0.2, 0.25) is 0 Å². The van der Waals surface area contributed by atoms with Gasteiger partial charge < -0.3 is 45.2 Å². The molecule has 176 valence electrons. The van der Waals surface area contributed by atoms with Crippen LogP contribution in [0, 0.1) is 0 Å². The maximum absolute atomic E-state index is 12.5. The van der Waals surface area contributed by atoms with Gasteiger partial charge in [-0.25, -0.2) is 14.4 Å². The predicted octanol–water partition coefficient (Wildman–Crippen LogP) is 0.230. The monoisotopic (exact) mass is 464 g/mol. The average Bonchev–Trinajstić information content (AvgIpc) is 2.74. The van der Waals surface area contributed by atoms with Crippen LogP contribution in [-0.2, 0) is 14.3 Å². The summed E-state index contributed by atoms with van der Waals surface area (Å²) in [6, 6.07) is 5.99. The summed E-state index contributed by atoms with van der Waals surface area (Å²) < 4.78 is 10.4. The molecule has 2 aromatic carbocycles. The van der Waals surface area contributed by atoms with Gasteiger partial charge in [-0.1, -0.05) is 0 Å². The third kappa shape index (κ3) is 4.91. The van der Waals surface area contributed by atoms with Crippen LogP contribution in [-0.4, -0.2) is 77.6 Å². The number of carboxylic acid groups (broad SMARTS) is 1. The molecule has 0 amide bonds. The van der Waals surface area contributed by atoms with Crippen molar-refractivity contribution < 1.29 is 59.6 Å². The molecule has 2 aromatic rings. The van der Waals surface area contributed by atoms with Gasteiger partial charge in [0.15, 0.2) is 34.7 Å². The van der Waals surface area contributed by atoms with E-state index < -0.39 is 77.7 Å². The highest BCUT2D eigenvalue weighted by Gasteiger charge is 2.52. The van der Waals surface area contributed by atoms with E-state index in [9.17, 15) is 50.1 Å². The van der Waals surface area contributed by atoms with Crippen molar-refractivity contribution in [1.29, 1.82) is 0 Å². The predicted molar refractivity (Wildman–Crippen MR) is 106 cm³/mol. The van der Waals surface area contributed by atoms with E-state index in [0.717, 1.165) is 36.4 Å². The van der Waals surface area contributed by atoms with Gasteiger partial charge >= 0.3 is 17.9 Å². The van der Waals surface area contributed by atoms with Crippen LogP contribution < -0.4 is 0 Å². The number of ether oxygens (including phenoxy) is 2. The molecular weight excluding hydrogens is 444 g/mol. The molecule has 0 heterocycles. The molecule has 0 aromatic heterocycles. The number of hydrogen-bond donors (Lipinski definition) is 7. The average molecular weight is 464 g/mol. The Balaban J connectivity index is 1.87. The first-order chi connectivity index (χ1) is 15.4. The molecule has 4 atom stereocenters. The van der Waals surface area contributed by atoms with E-state index in [1.165, 1.54) is 0 Å². The van der Waals surface area contributed by atoms with E-state index in [1.807, 2.05) is 0 Å². The minimum atomic E-state index is -2.50. The van der Waals surface area contributed by atoms with Crippen molar-refractivity contribution in [2.24, 2.45) is 0 Å². The SMILES string of the molecule is O=C(O[C@@H]1[C@H](O)C[C@@](O)(C(=O)O)C[C@H]1OC(=O)c1ccc(O)c(O)c1)c1ccc(O)c(O)c1. The van der Waals surface area contributed by atoms with Crippen LogP contribution in [0.15, 0.2) is 36.4 Å². The Kier molecular flexibility index (Phi) is 6.33.